The second-order valence-corrected chi connectivity index (χ2v) is 8.57. The number of amides is 2. The van der Waals surface area contributed by atoms with Gasteiger partial charge in [0.2, 0.25) is 31.9 Å². The lowest BCUT2D eigenvalue weighted by Crippen LogP contribution is -2.30. The SMILES string of the molecule is NC(=O)CC(=O)N(c1ccc(S(N)(=O)=O)cc1)c1ccc(S(N)(=O)=O)cc1. The lowest BCUT2D eigenvalue weighted by molar-refractivity contribution is -0.125. The van der Waals surface area contributed by atoms with Crippen molar-refractivity contribution in [3.63, 3.8) is 0 Å². The Morgan fingerprint density at radius 1 is 0.741 bits per heavy atom. The summed E-state index contributed by atoms with van der Waals surface area (Å²) >= 11 is 0. The summed E-state index contributed by atoms with van der Waals surface area (Å²) in [6.45, 7) is 0. The quantitative estimate of drug-likeness (QED) is 0.538. The minimum atomic E-state index is -3.93. The molecule has 2 rings (SSSR count). The van der Waals surface area contributed by atoms with Crippen LogP contribution in [0.3, 0.4) is 0 Å². The predicted molar refractivity (Wildman–Crippen MR) is 96.6 cm³/mol. The van der Waals surface area contributed by atoms with Gasteiger partial charge in [-0.15, -0.1) is 0 Å². The number of carbonyl (C=O) groups excluding carboxylic acids is 2. The molecule has 10 nitrogen and oxygen atoms in total. The van der Waals surface area contributed by atoms with Crippen LogP contribution in [0.15, 0.2) is 58.3 Å². The van der Waals surface area contributed by atoms with Gasteiger partial charge in [0.05, 0.1) is 9.79 Å². The van der Waals surface area contributed by atoms with E-state index in [2.05, 4.69) is 0 Å². The van der Waals surface area contributed by atoms with Crippen LogP contribution in [0.25, 0.3) is 0 Å². The fourth-order valence-electron chi connectivity index (χ4n) is 2.23. The van der Waals surface area contributed by atoms with Crippen molar-refractivity contribution in [1.29, 1.82) is 0 Å². The molecule has 144 valence electrons. The Bertz CT molecular complexity index is 1000. The lowest BCUT2D eigenvalue weighted by atomic mass is 10.2. The van der Waals surface area contributed by atoms with Gasteiger partial charge in [0, 0.05) is 11.4 Å². The third kappa shape index (κ3) is 5.10. The van der Waals surface area contributed by atoms with Gasteiger partial charge in [-0.25, -0.2) is 27.1 Å². The van der Waals surface area contributed by atoms with E-state index in [4.69, 9.17) is 16.0 Å². The smallest absolute Gasteiger partial charge is 0.240 e. The fraction of sp³-hybridized carbons (Fsp3) is 0.0667. The summed E-state index contributed by atoms with van der Waals surface area (Å²) in [5.41, 5.74) is 5.51. The molecule has 0 saturated heterocycles. The standard InChI is InChI=1S/C15H16N4O6S2/c16-14(20)9-15(21)19(10-1-5-12(6-2-10)26(17,22)23)11-3-7-13(8-4-11)27(18,24)25/h1-8H,9H2,(H2,16,20)(H2,17,22,23)(H2,18,24,25). The molecule has 0 aliphatic heterocycles. The van der Waals surface area contributed by atoms with Gasteiger partial charge in [0.25, 0.3) is 0 Å². The lowest BCUT2D eigenvalue weighted by Gasteiger charge is -2.23. The number of hydrogen-bond acceptors (Lipinski definition) is 6. The molecule has 0 aliphatic carbocycles. The number of primary amides is 1. The molecule has 2 aromatic rings. The number of nitrogens with two attached hydrogens (primary N) is 3. The summed E-state index contributed by atoms with van der Waals surface area (Å²) in [6, 6.07) is 10.0. The normalized spacial score (nSPS) is 11.8. The predicted octanol–water partition coefficient (Wildman–Crippen LogP) is -0.478. The minimum absolute atomic E-state index is 0.168. The summed E-state index contributed by atoms with van der Waals surface area (Å²) in [4.78, 5) is 24.3. The molecular weight excluding hydrogens is 396 g/mol. The van der Waals surface area contributed by atoms with E-state index in [1.807, 2.05) is 0 Å². The third-order valence-electron chi connectivity index (χ3n) is 3.42. The number of primary sulfonamides is 2. The van der Waals surface area contributed by atoms with Gasteiger partial charge in [-0.1, -0.05) is 0 Å². The van der Waals surface area contributed by atoms with Gasteiger partial charge in [-0.2, -0.15) is 0 Å². The number of rotatable bonds is 6. The number of hydrogen-bond donors (Lipinski definition) is 3. The molecule has 27 heavy (non-hydrogen) atoms. The number of anilines is 2. The largest absolute Gasteiger partial charge is 0.369 e. The molecule has 0 bridgehead atoms. The number of sulfonamides is 2. The van der Waals surface area contributed by atoms with E-state index in [-0.39, 0.29) is 21.2 Å². The number of carbonyl (C=O) groups is 2. The Morgan fingerprint density at radius 2 is 1.07 bits per heavy atom. The van der Waals surface area contributed by atoms with E-state index < -0.39 is 38.3 Å². The molecule has 0 radical (unpaired) electrons. The maximum Gasteiger partial charge on any atom is 0.240 e. The maximum absolute atomic E-state index is 12.5. The van der Waals surface area contributed by atoms with Crippen LogP contribution in [0.1, 0.15) is 6.42 Å². The van der Waals surface area contributed by atoms with Crippen molar-refractivity contribution in [3.05, 3.63) is 48.5 Å². The molecule has 0 aliphatic rings. The van der Waals surface area contributed by atoms with Crippen LogP contribution < -0.4 is 20.9 Å². The molecule has 0 spiro atoms. The third-order valence-corrected chi connectivity index (χ3v) is 5.28. The van der Waals surface area contributed by atoms with Crippen LogP contribution in [0.5, 0.6) is 0 Å². The summed E-state index contributed by atoms with van der Waals surface area (Å²) < 4.78 is 45.4. The Hall–Kier alpha value is -2.80. The highest BCUT2D eigenvalue weighted by molar-refractivity contribution is 7.89. The van der Waals surface area contributed by atoms with Gasteiger partial charge in [-0.3, -0.25) is 14.5 Å². The molecular formula is C15H16N4O6S2. The van der Waals surface area contributed by atoms with Crippen molar-refractivity contribution < 1.29 is 26.4 Å². The van der Waals surface area contributed by atoms with Crippen LogP contribution in [-0.4, -0.2) is 28.6 Å². The molecule has 2 aromatic carbocycles. The summed E-state index contributed by atoms with van der Waals surface area (Å²) in [5, 5.41) is 10.1. The van der Waals surface area contributed by atoms with Gasteiger partial charge >= 0.3 is 0 Å². The second kappa shape index (κ2) is 7.44. The highest BCUT2D eigenvalue weighted by Gasteiger charge is 2.21. The zero-order chi connectivity index (χ0) is 20.4. The zero-order valence-electron chi connectivity index (χ0n) is 13.8. The van der Waals surface area contributed by atoms with Crippen molar-refractivity contribution in [3.8, 4) is 0 Å². The van der Waals surface area contributed by atoms with Crippen LogP contribution in [0.2, 0.25) is 0 Å². The second-order valence-electron chi connectivity index (χ2n) is 5.45. The Labute approximate surface area is 155 Å². The van der Waals surface area contributed by atoms with Crippen LogP contribution in [-0.2, 0) is 29.6 Å². The van der Waals surface area contributed by atoms with Crippen molar-refractivity contribution in [2.75, 3.05) is 4.90 Å². The van der Waals surface area contributed by atoms with Gasteiger partial charge < -0.3 is 5.73 Å². The first-order chi connectivity index (χ1) is 12.4. The Morgan fingerprint density at radius 3 is 1.33 bits per heavy atom. The zero-order valence-corrected chi connectivity index (χ0v) is 15.4. The van der Waals surface area contributed by atoms with E-state index in [1.165, 1.54) is 48.5 Å². The topological polar surface area (TPSA) is 184 Å². The fourth-order valence-corrected chi connectivity index (χ4v) is 3.27. The summed E-state index contributed by atoms with van der Waals surface area (Å²) in [6.07, 6.45) is -0.617. The summed E-state index contributed by atoms with van der Waals surface area (Å²) in [5.74, 6) is -1.57. The van der Waals surface area contributed by atoms with Crippen molar-refractivity contribution in [2.24, 2.45) is 16.0 Å². The molecule has 0 heterocycles. The Balaban J connectivity index is 2.52. The number of nitrogens with zero attached hydrogens (tertiary/aromatic N) is 1. The van der Waals surface area contributed by atoms with Gasteiger partial charge in [-0.05, 0) is 48.5 Å². The van der Waals surface area contributed by atoms with E-state index in [0.29, 0.717) is 0 Å². The highest BCUT2D eigenvalue weighted by atomic mass is 32.2. The minimum Gasteiger partial charge on any atom is -0.369 e. The van der Waals surface area contributed by atoms with E-state index >= 15 is 0 Å². The molecule has 6 N–H and O–H groups in total. The first kappa shape index (κ1) is 20.5. The molecule has 0 atom stereocenters. The molecule has 12 heteroatoms. The van der Waals surface area contributed by atoms with E-state index in [9.17, 15) is 26.4 Å². The van der Waals surface area contributed by atoms with Crippen LogP contribution in [0, 0.1) is 0 Å². The molecule has 0 saturated carbocycles. The average molecular weight is 412 g/mol. The van der Waals surface area contributed by atoms with Crippen molar-refractivity contribution >= 4 is 43.2 Å². The first-order valence-corrected chi connectivity index (χ1v) is 10.4. The van der Waals surface area contributed by atoms with Crippen molar-refractivity contribution in [2.45, 2.75) is 16.2 Å². The highest BCUT2D eigenvalue weighted by Crippen LogP contribution is 2.28. The summed E-state index contributed by atoms with van der Waals surface area (Å²) in [7, 11) is -7.86. The van der Waals surface area contributed by atoms with Gasteiger partial charge in [0.1, 0.15) is 6.42 Å². The molecule has 2 amide bonds. The molecule has 0 fully saturated rings. The van der Waals surface area contributed by atoms with Crippen molar-refractivity contribution in [1.82, 2.24) is 0 Å². The average Bonchev–Trinajstić information content (AvgIpc) is 2.53. The van der Waals surface area contributed by atoms with Crippen LogP contribution >= 0.6 is 0 Å². The van der Waals surface area contributed by atoms with Crippen LogP contribution in [0.4, 0.5) is 11.4 Å². The monoisotopic (exact) mass is 412 g/mol. The van der Waals surface area contributed by atoms with E-state index in [1.54, 1.807) is 0 Å². The molecule has 0 aromatic heterocycles. The first-order valence-electron chi connectivity index (χ1n) is 7.26. The Kier molecular flexibility index (Phi) is 5.65. The van der Waals surface area contributed by atoms with E-state index in [0.717, 1.165) is 4.90 Å². The molecule has 0 unspecified atom stereocenters. The van der Waals surface area contributed by atoms with Gasteiger partial charge in [0.15, 0.2) is 0 Å². The number of benzene rings is 2. The maximum atomic E-state index is 12.5.